The van der Waals surface area contributed by atoms with Crippen molar-refractivity contribution in [2.75, 3.05) is 22.9 Å². The standard InChI is InChI=1S/C21H24N2O/c1-16-15-18-7-3-4-8-20(18)23(16)21(24)17-9-11-19(12-10-17)22-13-5-2-6-14-22/h3-4,7-12,16H,2,5-6,13-15H2,1H3/t16-/m0/s1. The van der Waals surface area contributed by atoms with Crippen molar-refractivity contribution in [1.82, 2.24) is 0 Å². The molecule has 2 aromatic rings. The Morgan fingerprint density at radius 1 is 0.958 bits per heavy atom. The first-order chi connectivity index (χ1) is 11.7. The first-order valence-corrected chi connectivity index (χ1v) is 9.00. The van der Waals surface area contributed by atoms with Crippen molar-refractivity contribution >= 4 is 17.3 Å². The maximum atomic E-state index is 13.0. The van der Waals surface area contributed by atoms with Crippen molar-refractivity contribution in [3.63, 3.8) is 0 Å². The largest absolute Gasteiger partial charge is 0.372 e. The molecule has 3 heteroatoms. The molecule has 2 aromatic carbocycles. The van der Waals surface area contributed by atoms with Gasteiger partial charge in [-0.15, -0.1) is 0 Å². The Labute approximate surface area is 143 Å². The van der Waals surface area contributed by atoms with Crippen molar-refractivity contribution in [3.05, 3.63) is 59.7 Å². The van der Waals surface area contributed by atoms with Gasteiger partial charge in [-0.1, -0.05) is 18.2 Å². The van der Waals surface area contributed by atoms with Gasteiger partial charge in [0.1, 0.15) is 0 Å². The molecule has 0 aromatic heterocycles. The highest BCUT2D eigenvalue weighted by atomic mass is 16.2. The lowest BCUT2D eigenvalue weighted by Crippen LogP contribution is -2.35. The lowest BCUT2D eigenvalue weighted by molar-refractivity contribution is 0.0981. The van der Waals surface area contributed by atoms with Crippen LogP contribution < -0.4 is 9.80 Å². The highest BCUT2D eigenvalue weighted by molar-refractivity contribution is 6.07. The van der Waals surface area contributed by atoms with Gasteiger partial charge in [0.15, 0.2) is 0 Å². The second-order valence-electron chi connectivity index (χ2n) is 6.95. The highest BCUT2D eigenvalue weighted by Gasteiger charge is 2.31. The van der Waals surface area contributed by atoms with Crippen LogP contribution in [0.5, 0.6) is 0 Å². The van der Waals surface area contributed by atoms with E-state index in [1.54, 1.807) is 0 Å². The summed E-state index contributed by atoms with van der Waals surface area (Å²) in [7, 11) is 0. The molecule has 0 spiro atoms. The van der Waals surface area contributed by atoms with Crippen LogP contribution in [0.2, 0.25) is 0 Å². The first-order valence-electron chi connectivity index (χ1n) is 9.00. The smallest absolute Gasteiger partial charge is 0.258 e. The topological polar surface area (TPSA) is 23.6 Å². The summed E-state index contributed by atoms with van der Waals surface area (Å²) in [5.41, 5.74) is 4.35. The number of para-hydroxylation sites is 1. The molecule has 0 radical (unpaired) electrons. The van der Waals surface area contributed by atoms with Crippen LogP contribution in [0, 0.1) is 0 Å². The third kappa shape index (κ3) is 2.68. The van der Waals surface area contributed by atoms with Gasteiger partial charge in [0, 0.05) is 36.1 Å². The van der Waals surface area contributed by atoms with Gasteiger partial charge in [-0.3, -0.25) is 4.79 Å². The number of fused-ring (bicyclic) bond motifs is 1. The molecule has 124 valence electrons. The quantitative estimate of drug-likeness (QED) is 0.825. The lowest BCUT2D eigenvalue weighted by Gasteiger charge is -2.29. The van der Waals surface area contributed by atoms with E-state index in [-0.39, 0.29) is 11.9 Å². The Balaban J connectivity index is 1.56. The summed E-state index contributed by atoms with van der Waals surface area (Å²) in [6.07, 6.45) is 4.80. The predicted octanol–water partition coefficient (Wildman–Crippen LogP) is 4.27. The summed E-state index contributed by atoms with van der Waals surface area (Å²) in [6, 6.07) is 16.6. The maximum Gasteiger partial charge on any atom is 0.258 e. The van der Waals surface area contributed by atoms with Crippen LogP contribution in [0.25, 0.3) is 0 Å². The Bertz CT molecular complexity index is 732. The Morgan fingerprint density at radius 3 is 2.42 bits per heavy atom. The van der Waals surface area contributed by atoms with Crippen molar-refractivity contribution in [2.24, 2.45) is 0 Å². The Hall–Kier alpha value is -2.29. The molecule has 1 saturated heterocycles. The predicted molar refractivity (Wildman–Crippen MR) is 98.9 cm³/mol. The second kappa shape index (κ2) is 6.31. The molecule has 0 aliphatic carbocycles. The van der Waals surface area contributed by atoms with Gasteiger partial charge in [-0.2, -0.15) is 0 Å². The van der Waals surface area contributed by atoms with Crippen LogP contribution in [0.3, 0.4) is 0 Å². The normalized spacial score (nSPS) is 20.1. The number of hydrogen-bond acceptors (Lipinski definition) is 2. The zero-order valence-electron chi connectivity index (χ0n) is 14.2. The van der Waals surface area contributed by atoms with E-state index in [9.17, 15) is 4.79 Å². The molecular formula is C21H24N2O. The zero-order valence-corrected chi connectivity index (χ0v) is 14.2. The van der Waals surface area contributed by atoms with Crippen LogP contribution in [-0.4, -0.2) is 25.0 Å². The van der Waals surface area contributed by atoms with Crippen LogP contribution in [0.1, 0.15) is 42.1 Å². The average Bonchev–Trinajstić information content (AvgIpc) is 2.98. The van der Waals surface area contributed by atoms with Crippen LogP contribution in [0.4, 0.5) is 11.4 Å². The number of benzene rings is 2. The van der Waals surface area contributed by atoms with Crippen molar-refractivity contribution in [2.45, 2.75) is 38.6 Å². The number of piperidine rings is 1. The van der Waals surface area contributed by atoms with Gasteiger partial charge in [0.25, 0.3) is 5.91 Å². The third-order valence-corrected chi connectivity index (χ3v) is 5.26. The van der Waals surface area contributed by atoms with E-state index in [1.807, 2.05) is 29.2 Å². The Kier molecular flexibility index (Phi) is 4.01. The number of carbonyl (C=O) groups is 1. The molecule has 2 heterocycles. The average molecular weight is 320 g/mol. The minimum Gasteiger partial charge on any atom is -0.372 e. The second-order valence-corrected chi connectivity index (χ2v) is 6.95. The molecule has 4 rings (SSSR count). The van der Waals surface area contributed by atoms with E-state index in [2.05, 4.69) is 36.1 Å². The van der Waals surface area contributed by atoms with Gasteiger partial charge in [-0.25, -0.2) is 0 Å². The lowest BCUT2D eigenvalue weighted by atomic mass is 10.1. The molecule has 0 unspecified atom stereocenters. The Morgan fingerprint density at radius 2 is 1.67 bits per heavy atom. The number of nitrogens with zero attached hydrogens (tertiary/aromatic N) is 2. The van der Waals surface area contributed by atoms with Crippen molar-refractivity contribution in [1.29, 1.82) is 0 Å². The fourth-order valence-corrected chi connectivity index (χ4v) is 3.98. The summed E-state index contributed by atoms with van der Waals surface area (Å²) >= 11 is 0. The van der Waals surface area contributed by atoms with Gasteiger partial charge in [0.2, 0.25) is 0 Å². The minimum absolute atomic E-state index is 0.109. The summed E-state index contributed by atoms with van der Waals surface area (Å²) in [5.74, 6) is 0.109. The molecule has 1 fully saturated rings. The summed E-state index contributed by atoms with van der Waals surface area (Å²) in [4.78, 5) is 17.4. The fourth-order valence-electron chi connectivity index (χ4n) is 3.98. The van der Waals surface area contributed by atoms with Crippen molar-refractivity contribution in [3.8, 4) is 0 Å². The van der Waals surface area contributed by atoms with E-state index in [4.69, 9.17) is 0 Å². The monoisotopic (exact) mass is 320 g/mol. The first kappa shape index (κ1) is 15.3. The number of rotatable bonds is 2. The van der Waals surface area contributed by atoms with E-state index in [1.165, 1.54) is 30.5 Å². The molecule has 24 heavy (non-hydrogen) atoms. The highest BCUT2D eigenvalue weighted by Crippen LogP contribution is 2.33. The molecule has 0 bridgehead atoms. The fraction of sp³-hybridized carbons (Fsp3) is 0.381. The minimum atomic E-state index is 0.109. The van der Waals surface area contributed by atoms with E-state index in [0.717, 1.165) is 30.8 Å². The molecule has 1 atom stereocenters. The van der Waals surface area contributed by atoms with Gasteiger partial charge in [0.05, 0.1) is 0 Å². The summed E-state index contributed by atoms with van der Waals surface area (Å²) in [5, 5.41) is 0. The molecule has 2 aliphatic heterocycles. The van der Waals surface area contributed by atoms with Gasteiger partial charge >= 0.3 is 0 Å². The molecule has 0 saturated carbocycles. The van der Waals surface area contributed by atoms with Gasteiger partial charge < -0.3 is 9.80 Å². The number of carbonyl (C=O) groups excluding carboxylic acids is 1. The van der Waals surface area contributed by atoms with Crippen LogP contribution in [0.15, 0.2) is 48.5 Å². The molecule has 0 N–H and O–H groups in total. The summed E-state index contributed by atoms with van der Waals surface area (Å²) < 4.78 is 0. The summed E-state index contributed by atoms with van der Waals surface area (Å²) in [6.45, 7) is 4.38. The van der Waals surface area contributed by atoms with E-state index < -0.39 is 0 Å². The van der Waals surface area contributed by atoms with Crippen LogP contribution >= 0.6 is 0 Å². The van der Waals surface area contributed by atoms with Gasteiger partial charge in [-0.05, 0) is 68.5 Å². The van der Waals surface area contributed by atoms with Crippen molar-refractivity contribution < 1.29 is 4.79 Å². The molecule has 2 aliphatic rings. The maximum absolute atomic E-state index is 13.0. The van der Waals surface area contributed by atoms with E-state index >= 15 is 0 Å². The van der Waals surface area contributed by atoms with E-state index in [0.29, 0.717) is 0 Å². The molecule has 3 nitrogen and oxygen atoms in total. The number of anilines is 2. The zero-order chi connectivity index (χ0) is 16.5. The molecule has 1 amide bonds. The third-order valence-electron chi connectivity index (χ3n) is 5.26. The number of amides is 1. The van der Waals surface area contributed by atoms with Crippen LogP contribution in [-0.2, 0) is 6.42 Å². The molecular weight excluding hydrogens is 296 g/mol. The SMILES string of the molecule is C[C@H]1Cc2ccccc2N1C(=O)c1ccc(N2CCCCC2)cc1. The number of hydrogen-bond donors (Lipinski definition) is 0.